The normalized spacial score (nSPS) is 21.1. The first-order valence-electron chi connectivity index (χ1n) is 9.30. The minimum absolute atomic E-state index is 0.101. The molecule has 1 aliphatic heterocycles. The molecule has 1 aromatic carbocycles. The molecule has 1 heterocycles. The summed E-state index contributed by atoms with van der Waals surface area (Å²) in [4.78, 5) is 17.3. The van der Waals surface area contributed by atoms with E-state index < -0.39 is 0 Å². The van der Waals surface area contributed by atoms with Crippen molar-refractivity contribution >= 4 is 5.91 Å². The van der Waals surface area contributed by atoms with Crippen molar-refractivity contribution in [1.29, 1.82) is 0 Å². The molecule has 5 heteroatoms. The van der Waals surface area contributed by atoms with E-state index in [-0.39, 0.29) is 17.4 Å². The molecule has 1 unspecified atom stereocenters. The maximum atomic E-state index is 12.9. The standard InChI is InChI=1S/C20H31N3O2/c1-16-5-4-6-17(13-16)18(22(2)3)19(24)21-14-20(7-8-20)15-23-9-11-25-12-10-23/h4-6,13,18H,7-12,14-15H2,1-3H3,(H,21,24). The van der Waals surface area contributed by atoms with E-state index in [0.717, 1.165) is 45.0 Å². The van der Waals surface area contributed by atoms with Crippen molar-refractivity contribution in [2.45, 2.75) is 25.8 Å². The Morgan fingerprint density at radius 2 is 2.04 bits per heavy atom. The molecule has 1 aliphatic carbocycles. The van der Waals surface area contributed by atoms with Gasteiger partial charge < -0.3 is 10.1 Å². The number of hydrogen-bond donors (Lipinski definition) is 1. The van der Waals surface area contributed by atoms with Gasteiger partial charge in [0.15, 0.2) is 0 Å². The van der Waals surface area contributed by atoms with Crippen LogP contribution in [0.2, 0.25) is 0 Å². The first-order valence-corrected chi connectivity index (χ1v) is 9.30. The number of likely N-dealkylation sites (N-methyl/N-ethyl adjacent to an activating group) is 1. The van der Waals surface area contributed by atoms with E-state index in [1.807, 2.05) is 31.1 Å². The highest BCUT2D eigenvalue weighted by atomic mass is 16.5. The van der Waals surface area contributed by atoms with Crippen molar-refractivity contribution in [2.24, 2.45) is 5.41 Å². The topological polar surface area (TPSA) is 44.8 Å². The van der Waals surface area contributed by atoms with Crippen LogP contribution in [0.1, 0.15) is 30.0 Å². The van der Waals surface area contributed by atoms with Gasteiger partial charge in [-0.1, -0.05) is 29.8 Å². The van der Waals surface area contributed by atoms with Crippen LogP contribution >= 0.6 is 0 Å². The Hall–Kier alpha value is -1.43. The first-order chi connectivity index (χ1) is 12.0. The quantitative estimate of drug-likeness (QED) is 0.819. The van der Waals surface area contributed by atoms with Crippen molar-refractivity contribution < 1.29 is 9.53 Å². The van der Waals surface area contributed by atoms with E-state index in [2.05, 4.69) is 29.3 Å². The summed E-state index contributed by atoms with van der Waals surface area (Å²) >= 11 is 0. The second kappa shape index (κ2) is 7.85. The van der Waals surface area contributed by atoms with Gasteiger partial charge in [0.1, 0.15) is 6.04 Å². The first kappa shape index (κ1) is 18.4. The van der Waals surface area contributed by atoms with Crippen molar-refractivity contribution in [3.8, 4) is 0 Å². The number of rotatable bonds is 7. The summed E-state index contributed by atoms with van der Waals surface area (Å²) in [6.07, 6.45) is 2.42. The van der Waals surface area contributed by atoms with Crippen LogP contribution in [0.4, 0.5) is 0 Å². The fourth-order valence-electron chi connectivity index (χ4n) is 3.70. The van der Waals surface area contributed by atoms with E-state index in [0.29, 0.717) is 0 Å². The van der Waals surface area contributed by atoms with Gasteiger partial charge >= 0.3 is 0 Å². The van der Waals surface area contributed by atoms with E-state index >= 15 is 0 Å². The maximum Gasteiger partial charge on any atom is 0.241 e. The molecule has 0 bridgehead atoms. The highest BCUT2D eigenvalue weighted by molar-refractivity contribution is 5.83. The molecule has 138 valence electrons. The molecule has 25 heavy (non-hydrogen) atoms. The summed E-state index contributed by atoms with van der Waals surface area (Å²) in [5.74, 6) is 0.101. The highest BCUT2D eigenvalue weighted by Gasteiger charge is 2.44. The summed E-state index contributed by atoms with van der Waals surface area (Å²) in [6.45, 7) is 7.61. The SMILES string of the molecule is Cc1cccc(C(C(=O)NCC2(CN3CCOCC3)CC2)N(C)C)c1. The third-order valence-corrected chi connectivity index (χ3v) is 5.38. The van der Waals surface area contributed by atoms with E-state index in [1.165, 1.54) is 18.4 Å². The van der Waals surface area contributed by atoms with Gasteiger partial charge in [-0.15, -0.1) is 0 Å². The fraction of sp³-hybridized carbons (Fsp3) is 0.650. The molecular formula is C20H31N3O2. The van der Waals surface area contributed by atoms with Gasteiger partial charge in [0.2, 0.25) is 5.91 Å². The zero-order chi connectivity index (χ0) is 17.9. The lowest BCUT2D eigenvalue weighted by atomic mass is 10.0. The van der Waals surface area contributed by atoms with Crippen LogP contribution in [-0.2, 0) is 9.53 Å². The number of carbonyl (C=O) groups excluding carboxylic acids is 1. The third kappa shape index (κ3) is 4.81. The zero-order valence-corrected chi connectivity index (χ0v) is 15.8. The fourth-order valence-corrected chi connectivity index (χ4v) is 3.70. The lowest BCUT2D eigenvalue weighted by Gasteiger charge is -2.31. The number of nitrogens with one attached hydrogen (secondary N) is 1. The van der Waals surface area contributed by atoms with E-state index in [1.54, 1.807) is 0 Å². The predicted molar refractivity (Wildman–Crippen MR) is 99.5 cm³/mol. The molecule has 1 atom stereocenters. The van der Waals surface area contributed by atoms with Crippen LogP contribution < -0.4 is 5.32 Å². The van der Waals surface area contributed by atoms with Crippen LogP contribution in [0.25, 0.3) is 0 Å². The highest BCUT2D eigenvalue weighted by Crippen LogP contribution is 2.45. The molecule has 2 aliphatic rings. The summed E-state index contributed by atoms with van der Waals surface area (Å²) in [5, 5.41) is 3.24. The number of benzene rings is 1. The van der Waals surface area contributed by atoms with Crippen LogP contribution in [0.5, 0.6) is 0 Å². The number of morpholine rings is 1. The Morgan fingerprint density at radius 1 is 1.32 bits per heavy atom. The average Bonchev–Trinajstić information content (AvgIpc) is 3.34. The molecule has 1 saturated carbocycles. The van der Waals surface area contributed by atoms with Crippen LogP contribution in [0.3, 0.4) is 0 Å². The van der Waals surface area contributed by atoms with Crippen LogP contribution in [0, 0.1) is 12.3 Å². The summed E-state index contributed by atoms with van der Waals surface area (Å²) in [6, 6.07) is 7.99. The maximum absolute atomic E-state index is 12.9. The van der Waals surface area contributed by atoms with Gasteiger partial charge in [0.05, 0.1) is 13.2 Å². The van der Waals surface area contributed by atoms with Crippen molar-refractivity contribution in [3.63, 3.8) is 0 Å². The second-order valence-corrected chi connectivity index (χ2v) is 7.89. The Balaban J connectivity index is 1.58. The molecule has 5 nitrogen and oxygen atoms in total. The molecule has 3 rings (SSSR count). The Labute approximate surface area is 151 Å². The number of hydrogen-bond acceptors (Lipinski definition) is 4. The van der Waals surface area contributed by atoms with Crippen LogP contribution in [-0.4, -0.2) is 69.2 Å². The minimum Gasteiger partial charge on any atom is -0.379 e. The lowest BCUT2D eigenvalue weighted by Crippen LogP contribution is -2.45. The number of carbonyl (C=O) groups is 1. The average molecular weight is 345 g/mol. The number of amides is 1. The van der Waals surface area contributed by atoms with E-state index in [4.69, 9.17) is 4.74 Å². The van der Waals surface area contributed by atoms with Gasteiger partial charge in [-0.25, -0.2) is 0 Å². The van der Waals surface area contributed by atoms with Crippen LogP contribution in [0.15, 0.2) is 24.3 Å². The molecule has 0 spiro atoms. The monoisotopic (exact) mass is 345 g/mol. The van der Waals surface area contributed by atoms with Gasteiger partial charge in [-0.2, -0.15) is 0 Å². The van der Waals surface area contributed by atoms with E-state index in [9.17, 15) is 4.79 Å². The Bertz CT molecular complexity index is 592. The molecule has 1 saturated heterocycles. The Morgan fingerprint density at radius 3 is 2.64 bits per heavy atom. The van der Waals surface area contributed by atoms with Gasteiger partial charge in [-0.3, -0.25) is 14.6 Å². The molecule has 0 aromatic heterocycles. The number of nitrogens with zero attached hydrogens (tertiary/aromatic N) is 2. The number of ether oxygens (including phenoxy) is 1. The minimum atomic E-state index is -0.237. The van der Waals surface area contributed by atoms with Gasteiger partial charge in [0.25, 0.3) is 0 Å². The summed E-state index contributed by atoms with van der Waals surface area (Å²) in [5.41, 5.74) is 2.51. The van der Waals surface area contributed by atoms with Crippen molar-refractivity contribution in [1.82, 2.24) is 15.1 Å². The summed E-state index contributed by atoms with van der Waals surface area (Å²) in [7, 11) is 3.93. The molecule has 2 fully saturated rings. The molecule has 0 radical (unpaired) electrons. The summed E-state index contributed by atoms with van der Waals surface area (Å²) < 4.78 is 5.43. The lowest BCUT2D eigenvalue weighted by molar-refractivity contribution is -0.126. The number of aryl methyl sites for hydroxylation is 1. The molecule has 1 amide bonds. The molecular weight excluding hydrogens is 314 g/mol. The smallest absolute Gasteiger partial charge is 0.241 e. The molecule has 1 aromatic rings. The largest absolute Gasteiger partial charge is 0.379 e. The zero-order valence-electron chi connectivity index (χ0n) is 15.8. The van der Waals surface area contributed by atoms with Gasteiger partial charge in [-0.05, 0) is 39.4 Å². The van der Waals surface area contributed by atoms with Crippen molar-refractivity contribution in [3.05, 3.63) is 35.4 Å². The van der Waals surface area contributed by atoms with Gasteiger partial charge in [0, 0.05) is 31.6 Å². The Kier molecular flexibility index (Phi) is 5.77. The third-order valence-electron chi connectivity index (χ3n) is 5.38. The van der Waals surface area contributed by atoms with Crippen molar-refractivity contribution in [2.75, 3.05) is 53.5 Å². The molecule has 1 N–H and O–H groups in total. The second-order valence-electron chi connectivity index (χ2n) is 7.89. The predicted octanol–water partition coefficient (Wildman–Crippen LogP) is 1.83.